The van der Waals surface area contributed by atoms with Gasteiger partial charge in [-0.1, -0.05) is 35.9 Å². The van der Waals surface area contributed by atoms with Crippen molar-refractivity contribution in [1.29, 1.82) is 0 Å². The van der Waals surface area contributed by atoms with E-state index in [1.165, 1.54) is 5.56 Å². The van der Waals surface area contributed by atoms with E-state index in [-0.39, 0.29) is 0 Å². The molecule has 2 rings (SSSR count). The highest BCUT2D eigenvalue weighted by atomic mass is 35.5. The van der Waals surface area contributed by atoms with Crippen LogP contribution in [0.15, 0.2) is 42.5 Å². The van der Waals surface area contributed by atoms with Gasteiger partial charge >= 0.3 is 0 Å². The maximum atomic E-state index is 6.06. The molecule has 0 atom stereocenters. The molecule has 0 aliphatic rings. The van der Waals surface area contributed by atoms with E-state index in [9.17, 15) is 0 Å². The number of hydroxylamine groups is 1. The van der Waals surface area contributed by atoms with Crippen molar-refractivity contribution in [1.82, 2.24) is 5.48 Å². The summed E-state index contributed by atoms with van der Waals surface area (Å²) in [4.78, 5) is 4.86. The number of nitrogens with one attached hydrogen (secondary N) is 1. The van der Waals surface area contributed by atoms with Crippen molar-refractivity contribution in [3.8, 4) is 11.1 Å². The quantitative estimate of drug-likeness (QED) is 0.500. The predicted molar refractivity (Wildman–Crippen MR) is 80.0 cm³/mol. The number of anilines is 1. The molecule has 0 heterocycles. The lowest BCUT2D eigenvalue weighted by Gasteiger charge is -2.12. The van der Waals surface area contributed by atoms with Gasteiger partial charge in [0.25, 0.3) is 0 Å². The summed E-state index contributed by atoms with van der Waals surface area (Å²) in [7, 11) is 1.61. The second-order valence-corrected chi connectivity index (χ2v) is 4.67. The first kappa shape index (κ1) is 13.9. The lowest BCUT2D eigenvalue weighted by atomic mass is 9.96. The molecular weight excluding hydrogens is 260 g/mol. The Bertz CT molecular complexity index is 558. The summed E-state index contributed by atoms with van der Waals surface area (Å²) in [6.45, 7) is 0.744. The van der Waals surface area contributed by atoms with Crippen LogP contribution in [0.1, 0.15) is 5.56 Å². The fourth-order valence-electron chi connectivity index (χ4n) is 2.05. The summed E-state index contributed by atoms with van der Waals surface area (Å²) in [6.07, 6.45) is 0.857. The molecule has 0 aliphatic carbocycles. The maximum Gasteiger partial charge on any atom is 0.0572 e. The molecule has 0 spiro atoms. The molecule has 0 saturated heterocycles. The number of rotatable bonds is 5. The van der Waals surface area contributed by atoms with Gasteiger partial charge in [-0.3, -0.25) is 0 Å². The third-order valence-electron chi connectivity index (χ3n) is 2.96. The van der Waals surface area contributed by atoms with Crippen molar-refractivity contribution in [2.24, 2.45) is 0 Å². The van der Waals surface area contributed by atoms with E-state index < -0.39 is 0 Å². The van der Waals surface area contributed by atoms with Gasteiger partial charge in [-0.2, -0.15) is 0 Å². The normalized spacial score (nSPS) is 10.6. The zero-order valence-electron chi connectivity index (χ0n) is 10.8. The first-order valence-corrected chi connectivity index (χ1v) is 6.49. The summed E-state index contributed by atoms with van der Waals surface area (Å²) < 4.78 is 0. The average Bonchev–Trinajstić information content (AvgIpc) is 2.42. The van der Waals surface area contributed by atoms with Crippen LogP contribution in [-0.4, -0.2) is 13.7 Å². The van der Waals surface area contributed by atoms with Gasteiger partial charge in [-0.15, -0.1) is 0 Å². The van der Waals surface area contributed by atoms with Gasteiger partial charge in [0.1, 0.15) is 0 Å². The van der Waals surface area contributed by atoms with Crippen molar-refractivity contribution in [2.45, 2.75) is 6.42 Å². The zero-order valence-corrected chi connectivity index (χ0v) is 11.6. The van der Waals surface area contributed by atoms with Crippen LogP contribution in [0.5, 0.6) is 0 Å². The SMILES string of the molecule is CONCCc1ccccc1-c1cc(Cl)ccc1N. The molecule has 2 aromatic carbocycles. The summed E-state index contributed by atoms with van der Waals surface area (Å²) in [5, 5.41) is 0.689. The van der Waals surface area contributed by atoms with Crippen LogP contribution >= 0.6 is 11.6 Å². The first-order valence-electron chi connectivity index (χ1n) is 6.11. The minimum absolute atomic E-state index is 0.689. The van der Waals surface area contributed by atoms with Gasteiger partial charge in [0.2, 0.25) is 0 Å². The fourth-order valence-corrected chi connectivity index (χ4v) is 2.22. The van der Waals surface area contributed by atoms with E-state index in [0.29, 0.717) is 5.02 Å². The minimum atomic E-state index is 0.689. The summed E-state index contributed by atoms with van der Waals surface area (Å²) in [5.74, 6) is 0. The second-order valence-electron chi connectivity index (χ2n) is 4.24. The van der Waals surface area contributed by atoms with Crippen molar-refractivity contribution in [2.75, 3.05) is 19.4 Å². The van der Waals surface area contributed by atoms with Crippen LogP contribution in [0.3, 0.4) is 0 Å². The Morgan fingerprint density at radius 2 is 1.95 bits per heavy atom. The Morgan fingerprint density at radius 1 is 1.16 bits per heavy atom. The van der Waals surface area contributed by atoms with E-state index in [4.69, 9.17) is 22.2 Å². The van der Waals surface area contributed by atoms with E-state index in [2.05, 4.69) is 17.6 Å². The van der Waals surface area contributed by atoms with Crippen LogP contribution in [0.25, 0.3) is 11.1 Å². The molecule has 100 valence electrons. The molecular formula is C15H17ClN2O. The summed E-state index contributed by atoms with van der Waals surface area (Å²) in [6, 6.07) is 13.7. The Morgan fingerprint density at radius 3 is 2.74 bits per heavy atom. The van der Waals surface area contributed by atoms with Gasteiger partial charge in [-0.25, -0.2) is 5.48 Å². The number of hydrogen-bond acceptors (Lipinski definition) is 3. The fraction of sp³-hybridized carbons (Fsp3) is 0.200. The highest BCUT2D eigenvalue weighted by molar-refractivity contribution is 6.31. The molecule has 0 aliphatic heterocycles. The van der Waals surface area contributed by atoms with Gasteiger partial charge in [-0.05, 0) is 35.7 Å². The van der Waals surface area contributed by atoms with E-state index in [1.54, 1.807) is 13.2 Å². The van der Waals surface area contributed by atoms with Crippen LogP contribution in [0.2, 0.25) is 5.02 Å². The molecule has 0 aromatic heterocycles. The average molecular weight is 277 g/mol. The largest absolute Gasteiger partial charge is 0.398 e. The molecule has 0 saturated carbocycles. The molecule has 0 fully saturated rings. The second kappa shape index (κ2) is 6.57. The molecule has 0 bridgehead atoms. The standard InChI is InChI=1S/C15H17ClN2O/c1-19-18-9-8-11-4-2-3-5-13(11)14-10-12(16)6-7-15(14)17/h2-7,10,18H,8-9,17H2,1H3. The van der Waals surface area contributed by atoms with Crippen LogP contribution in [0.4, 0.5) is 5.69 Å². The maximum absolute atomic E-state index is 6.06. The van der Waals surface area contributed by atoms with Crippen LogP contribution in [0, 0.1) is 0 Å². The molecule has 0 radical (unpaired) electrons. The van der Waals surface area contributed by atoms with Crippen molar-refractivity contribution >= 4 is 17.3 Å². The third kappa shape index (κ3) is 3.47. The topological polar surface area (TPSA) is 47.3 Å². The number of nitrogens with two attached hydrogens (primary N) is 1. The van der Waals surface area contributed by atoms with Gasteiger partial charge in [0.15, 0.2) is 0 Å². The molecule has 3 nitrogen and oxygen atoms in total. The summed E-state index contributed by atoms with van der Waals surface area (Å²) >= 11 is 6.06. The highest BCUT2D eigenvalue weighted by Gasteiger charge is 2.08. The Hall–Kier alpha value is -1.55. The number of halogens is 1. The Kier molecular flexibility index (Phi) is 4.80. The minimum Gasteiger partial charge on any atom is -0.398 e. The molecule has 19 heavy (non-hydrogen) atoms. The lowest BCUT2D eigenvalue weighted by molar-refractivity contribution is 0.0928. The molecule has 3 N–H and O–H groups in total. The first-order chi connectivity index (χ1) is 9.22. The molecule has 0 amide bonds. The third-order valence-corrected chi connectivity index (χ3v) is 3.20. The van der Waals surface area contributed by atoms with Crippen molar-refractivity contribution in [3.63, 3.8) is 0 Å². The number of benzene rings is 2. The van der Waals surface area contributed by atoms with E-state index in [0.717, 1.165) is 29.8 Å². The zero-order chi connectivity index (χ0) is 13.7. The molecule has 0 unspecified atom stereocenters. The van der Waals surface area contributed by atoms with Crippen LogP contribution < -0.4 is 11.2 Å². The van der Waals surface area contributed by atoms with Crippen molar-refractivity contribution in [3.05, 3.63) is 53.1 Å². The summed E-state index contributed by atoms with van der Waals surface area (Å²) in [5.41, 5.74) is 12.9. The predicted octanol–water partition coefficient (Wildman–Crippen LogP) is 3.28. The van der Waals surface area contributed by atoms with Crippen LogP contribution in [-0.2, 0) is 11.3 Å². The Labute approximate surface area is 118 Å². The smallest absolute Gasteiger partial charge is 0.0572 e. The molecule has 2 aromatic rings. The number of hydrogen-bond donors (Lipinski definition) is 2. The Balaban J connectivity index is 2.35. The van der Waals surface area contributed by atoms with Gasteiger partial charge in [0, 0.05) is 22.8 Å². The highest BCUT2D eigenvalue weighted by Crippen LogP contribution is 2.31. The monoisotopic (exact) mass is 276 g/mol. The van der Waals surface area contributed by atoms with E-state index in [1.807, 2.05) is 24.3 Å². The lowest BCUT2D eigenvalue weighted by Crippen LogP contribution is -2.15. The van der Waals surface area contributed by atoms with Gasteiger partial charge < -0.3 is 10.6 Å². The molecule has 4 heteroatoms. The van der Waals surface area contributed by atoms with Crippen molar-refractivity contribution < 1.29 is 4.84 Å². The van der Waals surface area contributed by atoms with Gasteiger partial charge in [0.05, 0.1) is 7.11 Å². The number of nitrogen functional groups attached to an aromatic ring is 1. The van der Waals surface area contributed by atoms with E-state index >= 15 is 0 Å².